The first-order valence-electron chi connectivity index (χ1n) is 6.84. The van der Waals surface area contributed by atoms with Crippen molar-refractivity contribution in [1.82, 2.24) is 4.48 Å². The van der Waals surface area contributed by atoms with Crippen molar-refractivity contribution in [2.24, 2.45) is 0 Å². The van der Waals surface area contributed by atoms with Gasteiger partial charge in [-0.15, -0.1) is 0 Å². The van der Waals surface area contributed by atoms with Crippen molar-refractivity contribution in [3.8, 4) is 0 Å². The largest absolute Gasteiger partial charge is 1.00 e. The second-order valence-electron chi connectivity index (χ2n) is 5.65. The Balaban J connectivity index is 0.00000242. The van der Waals surface area contributed by atoms with Crippen LogP contribution in [-0.4, -0.2) is 49.5 Å². The first kappa shape index (κ1) is 20.4. The van der Waals surface area contributed by atoms with Gasteiger partial charge in [0.15, 0.2) is 0 Å². The normalized spacial score (nSPS) is 10.3. The molecule has 111 valence electrons. The van der Waals surface area contributed by atoms with Gasteiger partial charge < -0.3 is 24.0 Å². The van der Waals surface area contributed by atoms with Crippen LogP contribution in [0.2, 0.25) is 0 Å². The van der Waals surface area contributed by atoms with Crippen LogP contribution in [0.5, 0.6) is 0 Å². The summed E-state index contributed by atoms with van der Waals surface area (Å²) in [6.45, 7) is 0.369. The molecule has 0 atom stereocenters. The van der Waals surface area contributed by atoms with Gasteiger partial charge in [0.05, 0.1) is 0 Å². The van der Waals surface area contributed by atoms with Gasteiger partial charge in [-0.1, -0.05) is 0 Å². The van der Waals surface area contributed by atoms with Crippen molar-refractivity contribution < 1.29 is 56.4 Å². The number of carbonyl (C=O) groups is 1. The van der Waals surface area contributed by atoms with Gasteiger partial charge in [0.25, 0.3) is 0 Å². The van der Waals surface area contributed by atoms with Crippen LogP contribution in [0.15, 0.2) is 54.6 Å². The Morgan fingerprint density at radius 3 is 2.14 bits per heavy atom. The van der Waals surface area contributed by atoms with Crippen molar-refractivity contribution in [2.75, 3.05) is 20.6 Å². The third kappa shape index (κ3) is 6.09. The molecule has 0 bridgehead atoms. The number of carbonyl (C=O) groups excluding carboxylic acids is 1. The standard InChI is InChI=1S/C10H12NO2.C6H5.Hg.HI.Sn/c1-11(2,8-10(12)13)9-6-4-3-5-7-9;1-2-4-6-5-3-1;;;/h4-7H,8H2,1-2H3;1-5H;;1H;/q;;;;+1/p-1. The molecule has 2 rings (SSSR count). The van der Waals surface area contributed by atoms with Gasteiger partial charge >= 0.3 is 153 Å². The zero-order valence-electron chi connectivity index (χ0n) is 12.8. The fourth-order valence-electron chi connectivity index (χ4n) is 2.30. The van der Waals surface area contributed by atoms with Crippen LogP contribution in [0.4, 0.5) is 5.69 Å². The van der Waals surface area contributed by atoms with Gasteiger partial charge in [-0.3, -0.25) is 0 Å². The number of rotatable bonds is 5. The van der Waals surface area contributed by atoms with Crippen LogP contribution in [-0.2, 0) is 32.4 Å². The molecule has 3 radical (unpaired) electrons. The minimum atomic E-state index is -1.22. The number of benzene rings is 2. The summed E-state index contributed by atoms with van der Waals surface area (Å²) in [7, 11) is 4.06. The van der Waals surface area contributed by atoms with Gasteiger partial charge in [0, 0.05) is 0 Å². The molecule has 0 aliphatic carbocycles. The van der Waals surface area contributed by atoms with E-state index < -0.39 is 24.6 Å². The monoisotopic (exact) mass is 704 g/mol. The molecule has 0 aromatic heterocycles. The van der Waals surface area contributed by atoms with E-state index in [0.717, 1.165) is 28.6 Å². The molecule has 0 N–H and O–H groups in total. The summed E-state index contributed by atoms with van der Waals surface area (Å²) in [6, 6.07) is 19.5. The van der Waals surface area contributed by atoms with Gasteiger partial charge in [-0.25, -0.2) is 0 Å². The van der Waals surface area contributed by atoms with Crippen molar-refractivity contribution in [3.05, 3.63) is 54.6 Å². The number of nitrogens with zero attached hydrogens (tertiary/aromatic N) is 1. The molecular formula is C16H17HgINO2Sn. The molecule has 0 amide bonds. The predicted molar refractivity (Wildman–Crippen MR) is 82.5 cm³/mol. The Hall–Kier alpha value is 0.334. The van der Waals surface area contributed by atoms with E-state index in [-0.39, 0.29) is 29.9 Å². The van der Waals surface area contributed by atoms with E-state index in [1.54, 1.807) is 0 Å². The van der Waals surface area contributed by atoms with Crippen LogP contribution >= 0.6 is 0 Å². The summed E-state index contributed by atoms with van der Waals surface area (Å²) in [4.78, 5) is 11.5. The summed E-state index contributed by atoms with van der Waals surface area (Å²) < 4.78 is 8.40. The zero-order chi connectivity index (χ0) is 15.3. The SMILES string of the molecule is C[N+](C)(CC(=O)[O][Sn])c1cc[c]([Hg][c]2ccccc2)cc1.[I-]. The van der Waals surface area contributed by atoms with E-state index in [2.05, 4.69) is 54.6 Å². The Morgan fingerprint density at radius 1 is 1.05 bits per heavy atom. The molecule has 0 saturated heterocycles. The number of quaternary nitrogens is 1. The van der Waals surface area contributed by atoms with Crippen LogP contribution < -0.4 is 34.6 Å². The molecule has 22 heavy (non-hydrogen) atoms. The van der Waals surface area contributed by atoms with Gasteiger partial charge in [0.1, 0.15) is 0 Å². The summed E-state index contributed by atoms with van der Waals surface area (Å²) in [5.41, 5.74) is 1.14. The molecule has 2 aromatic carbocycles. The van der Waals surface area contributed by atoms with Crippen molar-refractivity contribution in [3.63, 3.8) is 0 Å². The fraction of sp³-hybridized carbons (Fsp3) is 0.188. The van der Waals surface area contributed by atoms with Crippen molar-refractivity contribution in [2.45, 2.75) is 0 Å². The second kappa shape index (κ2) is 9.59. The van der Waals surface area contributed by atoms with Crippen LogP contribution in [0.3, 0.4) is 0 Å². The van der Waals surface area contributed by atoms with Crippen LogP contribution in [0.1, 0.15) is 0 Å². The third-order valence-corrected chi connectivity index (χ3v) is 11.0. The molecule has 0 aliphatic rings. The van der Waals surface area contributed by atoms with E-state index in [4.69, 9.17) is 3.07 Å². The fourth-order valence-corrected chi connectivity index (χ4v) is 8.12. The van der Waals surface area contributed by atoms with E-state index in [1.807, 2.05) is 14.1 Å². The molecule has 3 nitrogen and oxygen atoms in total. The van der Waals surface area contributed by atoms with E-state index in [0.29, 0.717) is 11.0 Å². The van der Waals surface area contributed by atoms with Crippen molar-refractivity contribution in [1.29, 1.82) is 0 Å². The minimum absolute atomic E-state index is 0. The summed E-state index contributed by atoms with van der Waals surface area (Å²) in [5.74, 6) is -0.147. The van der Waals surface area contributed by atoms with Crippen LogP contribution in [0.25, 0.3) is 0 Å². The average Bonchev–Trinajstić information content (AvgIpc) is 2.48. The summed E-state index contributed by atoms with van der Waals surface area (Å²) in [5, 5.41) is 0. The first-order chi connectivity index (χ1) is 10.0. The minimum Gasteiger partial charge on any atom is -1.00 e. The summed E-state index contributed by atoms with van der Waals surface area (Å²) >= 11 is -0.416. The topological polar surface area (TPSA) is 26.3 Å². The maximum absolute atomic E-state index is 11.5. The number of hydrogen-bond donors (Lipinski definition) is 0. The molecule has 6 heteroatoms. The second-order valence-corrected chi connectivity index (χ2v) is 14.0. The van der Waals surface area contributed by atoms with Crippen molar-refractivity contribution >= 4 is 40.7 Å². The van der Waals surface area contributed by atoms with E-state index in [1.165, 1.54) is 6.14 Å². The molecule has 2 aromatic rings. The Labute approximate surface area is 175 Å². The molecule has 0 heterocycles. The number of halogens is 1. The number of likely N-dealkylation sites (N-methyl/N-ethyl adjacent to an activating group) is 1. The molecule has 0 aliphatic heterocycles. The maximum Gasteiger partial charge on any atom is -1.00 e. The summed E-state index contributed by atoms with van der Waals surface area (Å²) in [6.07, 6.45) is 0. The van der Waals surface area contributed by atoms with Gasteiger partial charge in [-0.05, 0) is 0 Å². The molecule has 0 unspecified atom stereocenters. The molecule has 0 fully saturated rings. The zero-order valence-corrected chi connectivity index (χ0v) is 23.3. The van der Waals surface area contributed by atoms with Crippen LogP contribution in [0, 0.1) is 0 Å². The average molecular weight is 702 g/mol. The molecule has 0 spiro atoms. The molecule has 0 saturated carbocycles. The van der Waals surface area contributed by atoms with Gasteiger partial charge in [0.2, 0.25) is 0 Å². The Morgan fingerprint density at radius 2 is 1.59 bits per heavy atom. The van der Waals surface area contributed by atoms with E-state index in [9.17, 15) is 4.79 Å². The third-order valence-electron chi connectivity index (χ3n) is 3.52. The molecular weight excluding hydrogens is 684 g/mol. The smallest absolute Gasteiger partial charge is 1.00 e. The quantitative estimate of drug-likeness (QED) is 0.204. The maximum atomic E-state index is 11.5. The Kier molecular flexibility index (Phi) is 8.88. The van der Waals surface area contributed by atoms with E-state index >= 15 is 0 Å². The number of hydrogen-bond acceptors (Lipinski definition) is 2. The Bertz CT molecular complexity index is 605. The van der Waals surface area contributed by atoms with Gasteiger partial charge in [-0.2, -0.15) is 0 Å². The predicted octanol–water partition coefficient (Wildman–Crippen LogP) is -2.08. The first-order valence-corrected chi connectivity index (χ1v) is 13.5.